The number of benzene rings is 4. The van der Waals surface area contributed by atoms with Gasteiger partial charge < -0.3 is 0 Å². The largest absolute Gasteiger partial charge is 0.265 e. The SMILES string of the molecule is Cc1ccc(C2=CC(c3ccccc3)=C[C@@H](c3ccccc3)CN2S(=O)(=O)c2ccc(C)cc2)cc1. The molecule has 0 unspecified atom stereocenters. The summed E-state index contributed by atoms with van der Waals surface area (Å²) in [6.45, 7) is 4.30. The fourth-order valence-corrected chi connectivity index (χ4v) is 6.05. The molecule has 3 nitrogen and oxygen atoms in total. The number of hydrogen-bond donors (Lipinski definition) is 0. The summed E-state index contributed by atoms with van der Waals surface area (Å²) in [5.74, 6) is -0.124. The summed E-state index contributed by atoms with van der Waals surface area (Å²) >= 11 is 0. The lowest BCUT2D eigenvalue weighted by Crippen LogP contribution is -2.32. The van der Waals surface area contributed by atoms with Crippen molar-refractivity contribution in [2.75, 3.05) is 6.54 Å². The van der Waals surface area contributed by atoms with Crippen LogP contribution in [0, 0.1) is 13.8 Å². The van der Waals surface area contributed by atoms with Crippen LogP contribution in [-0.2, 0) is 10.0 Å². The Balaban J connectivity index is 1.73. The average molecular weight is 492 g/mol. The molecule has 0 spiro atoms. The van der Waals surface area contributed by atoms with Crippen LogP contribution in [0.15, 0.2) is 126 Å². The Labute approximate surface area is 214 Å². The van der Waals surface area contributed by atoms with Crippen molar-refractivity contribution in [3.8, 4) is 0 Å². The van der Waals surface area contributed by atoms with Crippen molar-refractivity contribution < 1.29 is 8.42 Å². The molecular weight excluding hydrogens is 462 g/mol. The fraction of sp³-hybridized carbons (Fsp3) is 0.125. The number of allylic oxidation sites excluding steroid dienone is 2. The molecule has 4 aromatic rings. The number of rotatable bonds is 5. The predicted octanol–water partition coefficient (Wildman–Crippen LogP) is 7.22. The Kier molecular flexibility index (Phi) is 6.62. The maximum atomic E-state index is 14.2. The van der Waals surface area contributed by atoms with E-state index in [9.17, 15) is 8.42 Å². The summed E-state index contributed by atoms with van der Waals surface area (Å²) in [5.41, 5.74) is 6.82. The molecule has 180 valence electrons. The molecule has 0 amide bonds. The van der Waals surface area contributed by atoms with E-state index in [0.29, 0.717) is 17.1 Å². The molecule has 36 heavy (non-hydrogen) atoms. The van der Waals surface area contributed by atoms with Crippen LogP contribution in [0.3, 0.4) is 0 Å². The van der Waals surface area contributed by atoms with Crippen molar-refractivity contribution in [2.45, 2.75) is 24.7 Å². The number of hydrogen-bond acceptors (Lipinski definition) is 2. The zero-order valence-electron chi connectivity index (χ0n) is 20.5. The molecule has 0 N–H and O–H groups in total. The van der Waals surface area contributed by atoms with E-state index in [1.54, 1.807) is 16.4 Å². The Morgan fingerprint density at radius 1 is 0.667 bits per heavy atom. The van der Waals surface area contributed by atoms with Crippen molar-refractivity contribution in [3.63, 3.8) is 0 Å². The zero-order valence-corrected chi connectivity index (χ0v) is 21.3. The molecule has 0 aromatic heterocycles. The highest BCUT2D eigenvalue weighted by Crippen LogP contribution is 2.37. The standard InChI is InChI=1S/C32H29NO2S/c1-24-13-17-28(18-14-24)32-22-29(26-9-5-3-6-10-26)21-30(27-11-7-4-8-12-27)23-33(32)36(34,35)31-19-15-25(2)16-20-31/h3-22,30H,23H2,1-2H3/t30-/m1/s1. The Bertz CT molecular complexity index is 1500. The summed E-state index contributed by atoms with van der Waals surface area (Å²) in [5, 5.41) is 0. The number of aryl methyl sites for hydroxylation is 2. The van der Waals surface area contributed by atoms with E-state index in [4.69, 9.17) is 0 Å². The highest BCUT2D eigenvalue weighted by molar-refractivity contribution is 7.89. The minimum atomic E-state index is -3.82. The van der Waals surface area contributed by atoms with Crippen LogP contribution in [0.5, 0.6) is 0 Å². The lowest BCUT2D eigenvalue weighted by Gasteiger charge is -2.29. The summed E-state index contributed by atoms with van der Waals surface area (Å²) in [6, 6.07) is 35.4. The monoisotopic (exact) mass is 491 g/mol. The molecule has 5 rings (SSSR count). The third-order valence-electron chi connectivity index (χ3n) is 6.60. The first-order valence-corrected chi connectivity index (χ1v) is 13.6. The van der Waals surface area contributed by atoms with E-state index in [0.717, 1.165) is 33.4 Å². The minimum Gasteiger partial charge on any atom is -0.265 e. The number of nitrogens with zero attached hydrogens (tertiary/aromatic N) is 1. The van der Waals surface area contributed by atoms with Crippen LogP contribution in [-0.4, -0.2) is 19.3 Å². The lowest BCUT2D eigenvalue weighted by molar-refractivity contribution is 0.499. The molecule has 1 aliphatic heterocycles. The highest BCUT2D eigenvalue weighted by atomic mass is 32.2. The van der Waals surface area contributed by atoms with Gasteiger partial charge in [-0.1, -0.05) is 114 Å². The molecule has 0 saturated carbocycles. The van der Waals surface area contributed by atoms with Gasteiger partial charge in [0.05, 0.1) is 10.6 Å². The van der Waals surface area contributed by atoms with Gasteiger partial charge in [-0.05, 0) is 54.3 Å². The van der Waals surface area contributed by atoms with E-state index >= 15 is 0 Å². The molecule has 0 radical (unpaired) electrons. The van der Waals surface area contributed by atoms with Gasteiger partial charge in [0.15, 0.2) is 0 Å². The summed E-state index contributed by atoms with van der Waals surface area (Å²) < 4.78 is 30.0. The predicted molar refractivity (Wildman–Crippen MR) is 148 cm³/mol. The quantitative estimate of drug-likeness (QED) is 0.296. The first kappa shape index (κ1) is 23.8. The molecule has 4 aromatic carbocycles. The van der Waals surface area contributed by atoms with Crippen molar-refractivity contribution >= 4 is 21.3 Å². The molecule has 0 saturated heterocycles. The van der Waals surface area contributed by atoms with Crippen molar-refractivity contribution in [2.24, 2.45) is 0 Å². The van der Waals surface area contributed by atoms with Crippen LogP contribution in [0.4, 0.5) is 0 Å². The number of sulfonamides is 1. The molecular formula is C32H29NO2S. The van der Waals surface area contributed by atoms with Gasteiger partial charge in [-0.15, -0.1) is 0 Å². The Morgan fingerprint density at radius 2 is 1.22 bits per heavy atom. The maximum Gasteiger partial charge on any atom is 0.264 e. The van der Waals surface area contributed by atoms with Crippen LogP contribution in [0.1, 0.15) is 33.7 Å². The second-order valence-corrected chi connectivity index (χ2v) is 11.1. The van der Waals surface area contributed by atoms with Crippen LogP contribution in [0.25, 0.3) is 11.3 Å². The van der Waals surface area contributed by atoms with E-state index in [2.05, 4.69) is 30.3 Å². The Morgan fingerprint density at radius 3 is 1.83 bits per heavy atom. The molecule has 0 aliphatic carbocycles. The molecule has 1 atom stereocenters. The fourth-order valence-electron chi connectivity index (χ4n) is 4.54. The molecule has 1 heterocycles. The normalized spacial score (nSPS) is 16.2. The molecule has 1 aliphatic rings. The third-order valence-corrected chi connectivity index (χ3v) is 8.39. The van der Waals surface area contributed by atoms with Gasteiger partial charge in [0, 0.05) is 12.5 Å². The Hall–Kier alpha value is -3.89. The van der Waals surface area contributed by atoms with Crippen LogP contribution < -0.4 is 0 Å². The van der Waals surface area contributed by atoms with E-state index in [1.165, 1.54) is 0 Å². The average Bonchev–Trinajstić information content (AvgIpc) is 3.12. The maximum absolute atomic E-state index is 14.2. The molecule has 4 heteroatoms. The van der Waals surface area contributed by atoms with Gasteiger partial charge in [-0.3, -0.25) is 4.31 Å². The topological polar surface area (TPSA) is 37.4 Å². The van der Waals surface area contributed by atoms with Gasteiger partial charge in [0.2, 0.25) is 0 Å². The summed E-state index contributed by atoms with van der Waals surface area (Å²) in [4.78, 5) is 0.293. The summed E-state index contributed by atoms with van der Waals surface area (Å²) in [6.07, 6.45) is 4.22. The van der Waals surface area contributed by atoms with Crippen molar-refractivity contribution in [1.82, 2.24) is 4.31 Å². The molecule has 0 bridgehead atoms. The van der Waals surface area contributed by atoms with Crippen molar-refractivity contribution in [1.29, 1.82) is 0 Å². The van der Waals surface area contributed by atoms with E-state index in [-0.39, 0.29) is 5.92 Å². The highest BCUT2D eigenvalue weighted by Gasteiger charge is 2.32. The third kappa shape index (κ3) is 4.91. The van der Waals surface area contributed by atoms with Gasteiger partial charge in [0.25, 0.3) is 10.0 Å². The zero-order chi connectivity index (χ0) is 25.1. The van der Waals surface area contributed by atoms with Crippen LogP contribution >= 0.6 is 0 Å². The van der Waals surface area contributed by atoms with Gasteiger partial charge >= 0.3 is 0 Å². The molecule has 0 fully saturated rings. The van der Waals surface area contributed by atoms with Crippen LogP contribution in [0.2, 0.25) is 0 Å². The van der Waals surface area contributed by atoms with Gasteiger partial charge in [-0.2, -0.15) is 0 Å². The van der Waals surface area contributed by atoms with E-state index in [1.807, 2.05) is 92.7 Å². The van der Waals surface area contributed by atoms with Gasteiger partial charge in [0.1, 0.15) is 0 Å². The van der Waals surface area contributed by atoms with Crippen molar-refractivity contribution in [3.05, 3.63) is 149 Å². The first-order valence-electron chi connectivity index (χ1n) is 12.1. The lowest BCUT2D eigenvalue weighted by atomic mass is 9.94. The minimum absolute atomic E-state index is 0.124. The second kappa shape index (κ2) is 10.00. The smallest absolute Gasteiger partial charge is 0.264 e. The first-order chi connectivity index (χ1) is 17.4. The van der Waals surface area contributed by atoms with Gasteiger partial charge in [-0.25, -0.2) is 8.42 Å². The second-order valence-electron chi connectivity index (χ2n) is 9.25. The summed E-state index contributed by atoms with van der Waals surface area (Å²) in [7, 11) is -3.82. The van der Waals surface area contributed by atoms with E-state index < -0.39 is 10.0 Å².